The molecule has 0 heterocycles. The first-order valence-corrected chi connectivity index (χ1v) is 5.02. The van der Waals surface area contributed by atoms with Crippen molar-refractivity contribution in [3.8, 4) is 5.75 Å². The van der Waals surface area contributed by atoms with E-state index in [1.807, 2.05) is 12.1 Å². The van der Waals surface area contributed by atoms with Gasteiger partial charge in [0.2, 0.25) is 0 Å². The zero-order valence-corrected chi connectivity index (χ0v) is 8.62. The van der Waals surface area contributed by atoms with Crippen molar-refractivity contribution in [2.75, 3.05) is 13.2 Å². The van der Waals surface area contributed by atoms with Crippen molar-refractivity contribution in [2.45, 2.75) is 19.8 Å². The van der Waals surface area contributed by atoms with Crippen molar-refractivity contribution in [2.24, 2.45) is 5.84 Å². The highest BCUT2D eigenvalue weighted by Crippen LogP contribution is 2.12. The van der Waals surface area contributed by atoms with Gasteiger partial charge >= 0.3 is 0 Å². The average Bonchev–Trinajstić information content (AvgIpc) is 2.25. The Morgan fingerprint density at radius 2 is 2.00 bits per heavy atom. The van der Waals surface area contributed by atoms with E-state index in [2.05, 4.69) is 24.5 Å². The third kappa shape index (κ3) is 3.77. The molecule has 3 heteroatoms. The molecular weight excluding hydrogens is 176 g/mol. The molecule has 0 bridgehead atoms. The molecule has 1 aromatic rings. The highest BCUT2D eigenvalue weighted by atomic mass is 16.5. The molecule has 14 heavy (non-hydrogen) atoms. The van der Waals surface area contributed by atoms with Crippen LogP contribution in [-0.2, 0) is 6.42 Å². The lowest BCUT2D eigenvalue weighted by molar-refractivity contribution is 0.308. The van der Waals surface area contributed by atoms with Gasteiger partial charge in [0.1, 0.15) is 5.75 Å². The number of nitrogens with two attached hydrogens (primary N) is 1. The first-order chi connectivity index (χ1) is 6.86. The van der Waals surface area contributed by atoms with Gasteiger partial charge in [0.25, 0.3) is 0 Å². The summed E-state index contributed by atoms with van der Waals surface area (Å²) in [5.74, 6) is 6.07. The maximum Gasteiger partial charge on any atom is 0.119 e. The summed E-state index contributed by atoms with van der Waals surface area (Å²) < 4.78 is 5.51. The summed E-state index contributed by atoms with van der Waals surface area (Å²) in [6.45, 7) is 3.63. The third-order valence-electron chi connectivity index (χ3n) is 2.07. The topological polar surface area (TPSA) is 47.3 Å². The molecule has 0 aromatic heterocycles. The van der Waals surface area contributed by atoms with E-state index in [-0.39, 0.29) is 0 Å². The fourth-order valence-corrected chi connectivity index (χ4v) is 1.19. The second kappa shape index (κ2) is 6.40. The van der Waals surface area contributed by atoms with Crippen molar-refractivity contribution in [1.29, 1.82) is 0 Å². The van der Waals surface area contributed by atoms with Gasteiger partial charge in [0.05, 0.1) is 6.61 Å². The second-order valence-electron chi connectivity index (χ2n) is 3.15. The predicted molar refractivity (Wildman–Crippen MR) is 58.1 cm³/mol. The molecule has 0 atom stereocenters. The molecule has 0 aliphatic rings. The van der Waals surface area contributed by atoms with Crippen LogP contribution >= 0.6 is 0 Å². The first-order valence-electron chi connectivity index (χ1n) is 5.02. The van der Waals surface area contributed by atoms with Crippen molar-refractivity contribution in [1.82, 2.24) is 5.43 Å². The minimum atomic E-state index is 0.704. The molecular formula is C11H18N2O. The SMILES string of the molecule is CCc1ccc(OCCCNN)cc1. The van der Waals surface area contributed by atoms with Crippen LogP contribution in [0.15, 0.2) is 24.3 Å². The van der Waals surface area contributed by atoms with E-state index < -0.39 is 0 Å². The van der Waals surface area contributed by atoms with E-state index in [0.717, 1.165) is 25.1 Å². The zero-order valence-electron chi connectivity index (χ0n) is 8.62. The molecule has 1 rings (SSSR count). The van der Waals surface area contributed by atoms with Gasteiger partial charge in [0, 0.05) is 6.54 Å². The molecule has 0 unspecified atom stereocenters. The molecule has 0 saturated heterocycles. The Morgan fingerprint density at radius 3 is 2.57 bits per heavy atom. The van der Waals surface area contributed by atoms with Gasteiger partial charge in [-0.2, -0.15) is 0 Å². The predicted octanol–water partition coefficient (Wildman–Crippen LogP) is 1.48. The lowest BCUT2D eigenvalue weighted by atomic mass is 10.2. The highest BCUT2D eigenvalue weighted by Gasteiger charge is 1.93. The lowest BCUT2D eigenvalue weighted by Gasteiger charge is -2.06. The van der Waals surface area contributed by atoms with E-state index in [4.69, 9.17) is 10.6 Å². The van der Waals surface area contributed by atoms with Crippen LogP contribution in [0.3, 0.4) is 0 Å². The van der Waals surface area contributed by atoms with Gasteiger partial charge in [-0.25, -0.2) is 0 Å². The lowest BCUT2D eigenvalue weighted by Crippen LogP contribution is -2.24. The molecule has 0 radical (unpaired) electrons. The molecule has 0 fully saturated rings. The van der Waals surface area contributed by atoms with Crippen LogP contribution in [0, 0.1) is 0 Å². The maximum absolute atomic E-state index is 5.51. The smallest absolute Gasteiger partial charge is 0.119 e. The van der Waals surface area contributed by atoms with Crippen molar-refractivity contribution < 1.29 is 4.74 Å². The molecule has 1 aromatic carbocycles. The van der Waals surface area contributed by atoms with Crippen LogP contribution in [0.1, 0.15) is 18.9 Å². The van der Waals surface area contributed by atoms with Gasteiger partial charge in [-0.3, -0.25) is 11.3 Å². The van der Waals surface area contributed by atoms with Gasteiger partial charge in [-0.15, -0.1) is 0 Å². The molecule has 0 amide bonds. The molecule has 3 nitrogen and oxygen atoms in total. The van der Waals surface area contributed by atoms with Gasteiger partial charge in [-0.05, 0) is 30.5 Å². The third-order valence-corrected chi connectivity index (χ3v) is 2.07. The van der Waals surface area contributed by atoms with E-state index in [1.54, 1.807) is 0 Å². The van der Waals surface area contributed by atoms with Crippen molar-refractivity contribution in [3.05, 3.63) is 29.8 Å². The fourth-order valence-electron chi connectivity index (χ4n) is 1.19. The van der Waals surface area contributed by atoms with Crippen LogP contribution in [0.25, 0.3) is 0 Å². The van der Waals surface area contributed by atoms with Crippen molar-refractivity contribution >= 4 is 0 Å². The second-order valence-corrected chi connectivity index (χ2v) is 3.15. The average molecular weight is 194 g/mol. The Hall–Kier alpha value is -1.06. The number of rotatable bonds is 6. The van der Waals surface area contributed by atoms with Gasteiger partial charge in [0.15, 0.2) is 0 Å². The summed E-state index contributed by atoms with van der Waals surface area (Å²) in [5.41, 5.74) is 3.93. The fraction of sp³-hybridized carbons (Fsp3) is 0.455. The summed E-state index contributed by atoms with van der Waals surface area (Å²) in [6, 6.07) is 8.20. The highest BCUT2D eigenvalue weighted by molar-refractivity contribution is 5.27. The maximum atomic E-state index is 5.51. The monoisotopic (exact) mass is 194 g/mol. The molecule has 0 aliphatic carbocycles. The minimum Gasteiger partial charge on any atom is -0.494 e. The van der Waals surface area contributed by atoms with Crippen LogP contribution in [0.5, 0.6) is 5.75 Å². The quantitative estimate of drug-likeness (QED) is 0.409. The van der Waals surface area contributed by atoms with Gasteiger partial charge < -0.3 is 4.74 Å². The standard InChI is InChI=1S/C11H18N2O/c1-2-10-4-6-11(7-5-10)14-9-3-8-13-12/h4-7,13H,2-3,8-9,12H2,1H3. The Labute approximate surface area is 85.2 Å². The Morgan fingerprint density at radius 1 is 1.29 bits per heavy atom. The largest absolute Gasteiger partial charge is 0.494 e. The van der Waals surface area contributed by atoms with Gasteiger partial charge in [-0.1, -0.05) is 19.1 Å². The van der Waals surface area contributed by atoms with Crippen LogP contribution in [-0.4, -0.2) is 13.2 Å². The van der Waals surface area contributed by atoms with Crippen LogP contribution in [0.2, 0.25) is 0 Å². The number of benzene rings is 1. The normalized spacial score (nSPS) is 10.1. The van der Waals surface area contributed by atoms with E-state index in [0.29, 0.717) is 6.61 Å². The summed E-state index contributed by atoms with van der Waals surface area (Å²) in [5, 5.41) is 0. The number of hydrogen-bond donors (Lipinski definition) is 2. The molecule has 0 aliphatic heterocycles. The van der Waals surface area contributed by atoms with E-state index in [1.165, 1.54) is 5.56 Å². The van der Waals surface area contributed by atoms with E-state index >= 15 is 0 Å². The van der Waals surface area contributed by atoms with Crippen LogP contribution in [0.4, 0.5) is 0 Å². The number of hydrazine groups is 1. The summed E-state index contributed by atoms with van der Waals surface area (Å²) >= 11 is 0. The molecule has 78 valence electrons. The number of aryl methyl sites for hydroxylation is 1. The number of hydrogen-bond acceptors (Lipinski definition) is 3. The number of nitrogens with one attached hydrogen (secondary N) is 1. The molecule has 0 spiro atoms. The van der Waals surface area contributed by atoms with Crippen molar-refractivity contribution in [3.63, 3.8) is 0 Å². The zero-order chi connectivity index (χ0) is 10.2. The Bertz CT molecular complexity index is 246. The summed E-state index contributed by atoms with van der Waals surface area (Å²) in [4.78, 5) is 0. The Balaban J connectivity index is 2.29. The summed E-state index contributed by atoms with van der Waals surface area (Å²) in [6.07, 6.45) is 1.99. The minimum absolute atomic E-state index is 0.704. The first kappa shape index (κ1) is 11.0. The number of ether oxygens (including phenoxy) is 1. The van der Waals surface area contributed by atoms with Crippen LogP contribution < -0.4 is 16.0 Å². The molecule has 0 saturated carbocycles. The Kier molecular flexibility index (Phi) is 5.04. The summed E-state index contributed by atoms with van der Waals surface area (Å²) in [7, 11) is 0. The molecule has 3 N–H and O–H groups in total. The van der Waals surface area contributed by atoms with E-state index in [9.17, 15) is 0 Å².